The SMILES string of the molecule is COc1ccccc1NC(=O)CN(Cc1ccco1)C(=S)NCc1ccccc1. The molecule has 2 N–H and O–H groups in total. The highest BCUT2D eigenvalue weighted by Crippen LogP contribution is 2.23. The number of nitrogens with zero attached hydrogens (tertiary/aromatic N) is 1. The molecule has 0 spiro atoms. The molecular weight excluding hydrogens is 386 g/mol. The summed E-state index contributed by atoms with van der Waals surface area (Å²) in [4.78, 5) is 14.4. The minimum atomic E-state index is -0.204. The van der Waals surface area contributed by atoms with Crippen molar-refractivity contribution in [3.63, 3.8) is 0 Å². The molecule has 0 unspecified atom stereocenters. The van der Waals surface area contributed by atoms with Crippen LogP contribution in [0.1, 0.15) is 11.3 Å². The number of amides is 1. The summed E-state index contributed by atoms with van der Waals surface area (Å²) in [6.07, 6.45) is 1.60. The molecule has 7 heteroatoms. The normalized spacial score (nSPS) is 10.2. The second-order valence-electron chi connectivity index (χ2n) is 6.33. The van der Waals surface area contributed by atoms with E-state index in [4.69, 9.17) is 21.4 Å². The molecule has 3 aromatic rings. The molecular formula is C22H23N3O3S. The van der Waals surface area contributed by atoms with Crippen molar-refractivity contribution in [2.24, 2.45) is 0 Å². The first-order valence-corrected chi connectivity index (χ1v) is 9.58. The Bertz CT molecular complexity index is 929. The molecule has 0 aliphatic carbocycles. The van der Waals surface area contributed by atoms with Gasteiger partial charge in [-0.2, -0.15) is 0 Å². The number of thiocarbonyl (C=S) groups is 1. The Morgan fingerprint density at radius 1 is 1.07 bits per heavy atom. The van der Waals surface area contributed by atoms with Crippen molar-refractivity contribution in [1.29, 1.82) is 0 Å². The highest BCUT2D eigenvalue weighted by Gasteiger charge is 2.17. The highest BCUT2D eigenvalue weighted by atomic mass is 32.1. The van der Waals surface area contributed by atoms with E-state index >= 15 is 0 Å². The van der Waals surface area contributed by atoms with Crippen molar-refractivity contribution in [2.45, 2.75) is 13.1 Å². The van der Waals surface area contributed by atoms with Gasteiger partial charge in [-0.1, -0.05) is 42.5 Å². The number of nitrogens with one attached hydrogen (secondary N) is 2. The van der Waals surface area contributed by atoms with Crippen molar-refractivity contribution in [3.05, 3.63) is 84.3 Å². The maximum atomic E-state index is 12.7. The number of anilines is 1. The second kappa shape index (κ2) is 10.3. The van der Waals surface area contributed by atoms with Crippen molar-refractivity contribution in [2.75, 3.05) is 19.0 Å². The summed E-state index contributed by atoms with van der Waals surface area (Å²) in [5.41, 5.74) is 1.72. The molecule has 0 bridgehead atoms. The van der Waals surface area contributed by atoms with Crippen LogP contribution in [-0.4, -0.2) is 29.6 Å². The molecule has 0 saturated carbocycles. The van der Waals surface area contributed by atoms with E-state index in [9.17, 15) is 4.79 Å². The summed E-state index contributed by atoms with van der Waals surface area (Å²) < 4.78 is 10.7. The van der Waals surface area contributed by atoms with Crippen LogP contribution >= 0.6 is 12.2 Å². The van der Waals surface area contributed by atoms with Gasteiger partial charge in [-0.15, -0.1) is 0 Å². The van der Waals surface area contributed by atoms with Gasteiger partial charge in [0.2, 0.25) is 5.91 Å². The predicted octanol–water partition coefficient (Wildman–Crippen LogP) is 3.80. The number of para-hydroxylation sites is 2. The van der Waals surface area contributed by atoms with Gasteiger partial charge in [-0.3, -0.25) is 4.79 Å². The van der Waals surface area contributed by atoms with E-state index in [0.29, 0.717) is 29.6 Å². The van der Waals surface area contributed by atoms with Crippen LogP contribution < -0.4 is 15.4 Å². The summed E-state index contributed by atoms with van der Waals surface area (Å²) in [5, 5.41) is 6.56. The minimum absolute atomic E-state index is 0.0688. The van der Waals surface area contributed by atoms with Crippen LogP contribution in [-0.2, 0) is 17.9 Å². The fraction of sp³-hybridized carbons (Fsp3) is 0.182. The average molecular weight is 410 g/mol. The van der Waals surface area contributed by atoms with Gasteiger partial charge in [0.15, 0.2) is 5.11 Å². The molecule has 3 rings (SSSR count). The summed E-state index contributed by atoms with van der Waals surface area (Å²) >= 11 is 5.55. The van der Waals surface area contributed by atoms with Gasteiger partial charge in [-0.05, 0) is 42.0 Å². The summed E-state index contributed by atoms with van der Waals surface area (Å²) in [7, 11) is 1.57. The Hall–Kier alpha value is -3.32. The van der Waals surface area contributed by atoms with Crippen molar-refractivity contribution in [1.82, 2.24) is 10.2 Å². The van der Waals surface area contributed by atoms with Crippen LogP contribution in [0.3, 0.4) is 0 Å². The maximum Gasteiger partial charge on any atom is 0.244 e. The quantitative estimate of drug-likeness (QED) is 0.552. The lowest BCUT2D eigenvalue weighted by Crippen LogP contribution is -2.43. The van der Waals surface area contributed by atoms with E-state index in [1.54, 1.807) is 30.4 Å². The highest BCUT2D eigenvalue weighted by molar-refractivity contribution is 7.80. The molecule has 6 nitrogen and oxygen atoms in total. The van der Waals surface area contributed by atoms with Crippen molar-refractivity contribution >= 4 is 28.9 Å². The lowest BCUT2D eigenvalue weighted by Gasteiger charge is -2.24. The van der Waals surface area contributed by atoms with Crippen LogP contribution in [0.2, 0.25) is 0 Å². The van der Waals surface area contributed by atoms with E-state index in [1.165, 1.54) is 0 Å². The van der Waals surface area contributed by atoms with Gasteiger partial charge in [0.1, 0.15) is 11.5 Å². The van der Waals surface area contributed by atoms with Crippen molar-refractivity contribution in [3.8, 4) is 5.75 Å². The van der Waals surface area contributed by atoms with Gasteiger partial charge in [-0.25, -0.2) is 0 Å². The zero-order chi connectivity index (χ0) is 20.5. The zero-order valence-corrected chi connectivity index (χ0v) is 16.9. The second-order valence-corrected chi connectivity index (χ2v) is 6.71. The smallest absolute Gasteiger partial charge is 0.244 e. The lowest BCUT2D eigenvalue weighted by atomic mass is 10.2. The fourth-order valence-electron chi connectivity index (χ4n) is 2.79. The average Bonchev–Trinajstić information content (AvgIpc) is 3.26. The number of benzene rings is 2. The third kappa shape index (κ3) is 6.08. The van der Waals surface area contributed by atoms with Crippen LogP contribution in [0.4, 0.5) is 5.69 Å². The van der Waals surface area contributed by atoms with E-state index in [0.717, 1.165) is 11.3 Å². The Labute approximate surface area is 175 Å². The molecule has 1 heterocycles. The van der Waals surface area contributed by atoms with Gasteiger partial charge in [0, 0.05) is 6.54 Å². The van der Waals surface area contributed by atoms with Crippen LogP contribution in [0.5, 0.6) is 5.75 Å². The Morgan fingerprint density at radius 2 is 1.83 bits per heavy atom. The number of ether oxygens (including phenoxy) is 1. The molecule has 0 fully saturated rings. The topological polar surface area (TPSA) is 66.7 Å². The van der Waals surface area contributed by atoms with Gasteiger partial charge in [0.05, 0.1) is 32.1 Å². The Morgan fingerprint density at radius 3 is 2.55 bits per heavy atom. The van der Waals surface area contributed by atoms with E-state index in [1.807, 2.05) is 54.6 Å². The number of hydrogen-bond acceptors (Lipinski definition) is 4. The van der Waals surface area contributed by atoms with Gasteiger partial charge < -0.3 is 24.7 Å². The number of carbonyl (C=O) groups is 1. The van der Waals surface area contributed by atoms with Gasteiger partial charge >= 0.3 is 0 Å². The van der Waals surface area contributed by atoms with Crippen LogP contribution in [0.25, 0.3) is 0 Å². The molecule has 0 radical (unpaired) electrons. The lowest BCUT2D eigenvalue weighted by molar-refractivity contribution is -0.116. The standard InChI is InChI=1S/C22H23N3O3S/c1-27-20-12-6-5-11-19(20)24-21(26)16-25(15-18-10-7-13-28-18)22(29)23-14-17-8-3-2-4-9-17/h2-13H,14-16H2,1H3,(H,23,29)(H,24,26). The zero-order valence-electron chi connectivity index (χ0n) is 16.1. The Kier molecular flexibility index (Phi) is 7.24. The van der Waals surface area contributed by atoms with E-state index < -0.39 is 0 Å². The number of carbonyl (C=O) groups excluding carboxylic acids is 1. The number of hydrogen-bond donors (Lipinski definition) is 2. The summed E-state index contributed by atoms with van der Waals surface area (Å²) in [6.45, 7) is 1.02. The molecule has 1 aromatic heterocycles. The molecule has 2 aromatic carbocycles. The molecule has 1 amide bonds. The minimum Gasteiger partial charge on any atom is -0.495 e. The first-order valence-electron chi connectivity index (χ1n) is 9.17. The molecule has 29 heavy (non-hydrogen) atoms. The third-order valence-electron chi connectivity index (χ3n) is 4.22. The van der Waals surface area contributed by atoms with Crippen LogP contribution in [0.15, 0.2) is 77.4 Å². The molecule has 0 aliphatic heterocycles. The summed E-state index contributed by atoms with van der Waals surface area (Å²) in [5.74, 6) is 1.12. The van der Waals surface area contributed by atoms with Crippen molar-refractivity contribution < 1.29 is 13.9 Å². The number of methoxy groups -OCH3 is 1. The largest absolute Gasteiger partial charge is 0.495 e. The fourth-order valence-corrected chi connectivity index (χ4v) is 2.99. The van der Waals surface area contributed by atoms with E-state index in [2.05, 4.69) is 10.6 Å². The number of rotatable bonds is 8. The predicted molar refractivity (Wildman–Crippen MR) is 117 cm³/mol. The number of furan rings is 1. The monoisotopic (exact) mass is 409 g/mol. The molecule has 0 aliphatic rings. The molecule has 0 saturated heterocycles. The summed E-state index contributed by atoms with van der Waals surface area (Å²) in [6, 6.07) is 20.9. The first kappa shape index (κ1) is 20.4. The first-order chi connectivity index (χ1) is 14.2. The molecule has 150 valence electrons. The Balaban J connectivity index is 1.65. The van der Waals surface area contributed by atoms with E-state index in [-0.39, 0.29) is 12.5 Å². The maximum absolute atomic E-state index is 12.7. The van der Waals surface area contributed by atoms with Crippen LogP contribution in [0, 0.1) is 0 Å². The van der Waals surface area contributed by atoms with Gasteiger partial charge in [0.25, 0.3) is 0 Å². The molecule has 0 atom stereocenters. The third-order valence-corrected chi connectivity index (χ3v) is 4.62.